The van der Waals surface area contributed by atoms with Crippen molar-refractivity contribution in [2.24, 2.45) is 9.98 Å². The number of nitrogens with zero attached hydrogens (tertiary/aromatic N) is 4. The van der Waals surface area contributed by atoms with E-state index in [4.69, 9.17) is 14.5 Å². The van der Waals surface area contributed by atoms with Crippen LogP contribution in [0.1, 0.15) is 56.1 Å². The van der Waals surface area contributed by atoms with Crippen molar-refractivity contribution in [3.05, 3.63) is 40.9 Å². The van der Waals surface area contributed by atoms with Crippen molar-refractivity contribution in [3.8, 4) is 0 Å². The van der Waals surface area contributed by atoms with Crippen molar-refractivity contribution >= 4 is 29.8 Å². The van der Waals surface area contributed by atoms with Gasteiger partial charge in [-0.3, -0.25) is 9.59 Å². The molecule has 1 aromatic rings. The minimum atomic E-state index is -0.538. The van der Waals surface area contributed by atoms with E-state index in [0.29, 0.717) is 24.6 Å². The maximum absolute atomic E-state index is 12.8. The summed E-state index contributed by atoms with van der Waals surface area (Å²) in [5.41, 5.74) is 2.81. The van der Waals surface area contributed by atoms with Crippen LogP contribution < -0.4 is 10.6 Å². The van der Waals surface area contributed by atoms with E-state index >= 15 is 0 Å². The highest BCUT2D eigenvalue weighted by atomic mass is 16.5. The number of aliphatic imine (C=N–C) groups is 2. The van der Waals surface area contributed by atoms with Crippen LogP contribution in [0.3, 0.4) is 0 Å². The van der Waals surface area contributed by atoms with Gasteiger partial charge in [0.25, 0.3) is 5.91 Å². The molecule has 3 N–H and O–H groups in total. The summed E-state index contributed by atoms with van der Waals surface area (Å²) in [4.78, 5) is 42.0. The van der Waals surface area contributed by atoms with Crippen molar-refractivity contribution < 1.29 is 19.1 Å². The summed E-state index contributed by atoms with van der Waals surface area (Å²) in [5.74, 6) is 1.77. The molecule has 3 heterocycles. The molecule has 39 heavy (non-hydrogen) atoms. The summed E-state index contributed by atoms with van der Waals surface area (Å²) < 4.78 is 12.0. The van der Waals surface area contributed by atoms with Crippen LogP contribution in [0.15, 0.2) is 39.8 Å². The number of fused-ring (bicyclic) bond motifs is 2. The Morgan fingerprint density at radius 3 is 2.87 bits per heavy atom. The van der Waals surface area contributed by atoms with Crippen LogP contribution >= 0.6 is 0 Å². The lowest BCUT2D eigenvalue weighted by Crippen LogP contribution is -2.39. The fraction of sp³-hybridized carbons (Fsp3) is 0.571. The Hall–Kier alpha value is -3.44. The molecule has 2 bridgehead atoms. The number of aromatic amines is 1. The zero-order chi connectivity index (χ0) is 27.2. The Labute approximate surface area is 229 Å². The molecule has 0 radical (unpaired) electrons. The van der Waals surface area contributed by atoms with Gasteiger partial charge in [-0.1, -0.05) is 19.3 Å². The molecule has 2 aliphatic carbocycles. The number of hydrogen-bond donors (Lipinski definition) is 3. The van der Waals surface area contributed by atoms with Gasteiger partial charge in [-0.2, -0.15) is 0 Å². The van der Waals surface area contributed by atoms with Gasteiger partial charge in [-0.25, -0.2) is 9.98 Å². The lowest BCUT2D eigenvalue weighted by molar-refractivity contribution is -0.137. The van der Waals surface area contributed by atoms with Crippen LogP contribution in [0.5, 0.6) is 0 Å². The summed E-state index contributed by atoms with van der Waals surface area (Å²) in [6, 6.07) is 0.220. The van der Waals surface area contributed by atoms with E-state index in [1.165, 1.54) is 6.42 Å². The number of amides is 2. The third-order valence-corrected chi connectivity index (χ3v) is 7.63. The van der Waals surface area contributed by atoms with Crippen LogP contribution in [0, 0.1) is 0 Å². The summed E-state index contributed by atoms with van der Waals surface area (Å²) in [7, 11) is 3.87. The molecule has 210 valence electrons. The highest BCUT2D eigenvalue weighted by Gasteiger charge is 2.27. The number of amidine groups is 1. The van der Waals surface area contributed by atoms with E-state index in [1.807, 2.05) is 12.3 Å². The molecule has 2 aliphatic heterocycles. The molecule has 1 fully saturated rings. The molecule has 11 heteroatoms. The Kier molecular flexibility index (Phi) is 8.77. The minimum Gasteiger partial charge on any atom is -0.485 e. The molecule has 4 aliphatic rings. The van der Waals surface area contributed by atoms with Gasteiger partial charge in [0.05, 0.1) is 11.9 Å². The monoisotopic (exact) mass is 537 g/mol. The maximum Gasteiger partial charge on any atom is 0.258 e. The minimum absolute atomic E-state index is 0.0794. The lowest BCUT2D eigenvalue weighted by atomic mass is 9.95. The first-order valence-corrected chi connectivity index (χ1v) is 13.9. The number of aromatic nitrogens is 1. The predicted octanol–water partition coefficient (Wildman–Crippen LogP) is 2.53. The fourth-order valence-corrected chi connectivity index (χ4v) is 5.43. The van der Waals surface area contributed by atoms with Crippen molar-refractivity contribution in [1.82, 2.24) is 20.1 Å². The van der Waals surface area contributed by atoms with Gasteiger partial charge in [-0.15, -0.1) is 0 Å². The largest absolute Gasteiger partial charge is 0.485 e. The number of H-pyrrole nitrogens is 1. The molecular formula is C28H39N7O4. The van der Waals surface area contributed by atoms with Crippen molar-refractivity contribution in [2.45, 2.75) is 63.6 Å². The first kappa shape index (κ1) is 27.1. The van der Waals surface area contributed by atoms with Crippen LogP contribution in [-0.2, 0) is 25.6 Å². The number of nitrogens with one attached hydrogen (secondary N) is 3. The third kappa shape index (κ3) is 6.96. The molecule has 1 aromatic heterocycles. The molecule has 0 saturated heterocycles. The number of hydrogen-bond acceptors (Lipinski definition) is 8. The number of allylic oxidation sites excluding steroid dienone is 2. The number of ether oxygens (including phenoxy) is 2. The third-order valence-electron chi connectivity index (χ3n) is 7.63. The topological polar surface area (TPSA) is 124 Å². The average Bonchev–Trinajstić information content (AvgIpc) is 3.34. The standard InChI is InChI=1S/C28H39N7O4/c1-34-11-6-12-35(2)25(37)17-39-23-13-21(33-28-26-19(15-34)14-29-27(26)30-18-31-28)9-10-22(23)38-16-24(36)32-20-7-4-3-5-8-20/h9-10,14,18,20,23H,3-8,11-13,15-17H2,1-2H3,(H,32,36)(H2,29,30,31,33). The second-order valence-electron chi connectivity index (χ2n) is 10.7. The lowest BCUT2D eigenvalue weighted by Gasteiger charge is -2.27. The molecular weight excluding hydrogens is 498 g/mol. The van der Waals surface area contributed by atoms with E-state index < -0.39 is 6.10 Å². The second-order valence-corrected chi connectivity index (χ2v) is 10.7. The van der Waals surface area contributed by atoms with E-state index in [-0.39, 0.29) is 31.1 Å². The fourth-order valence-electron chi connectivity index (χ4n) is 5.43. The van der Waals surface area contributed by atoms with Gasteiger partial charge in [0.1, 0.15) is 24.3 Å². The number of likely N-dealkylation sites (N-methyl/N-ethyl adjacent to an activating group) is 1. The summed E-state index contributed by atoms with van der Waals surface area (Å²) in [6.45, 7) is 2.02. The van der Waals surface area contributed by atoms with Crippen molar-refractivity contribution in [3.63, 3.8) is 0 Å². The normalized spacial score (nSPS) is 24.6. The zero-order valence-corrected chi connectivity index (χ0v) is 22.9. The number of rotatable bonds is 4. The van der Waals surface area contributed by atoms with E-state index in [1.54, 1.807) is 24.4 Å². The Bertz CT molecular complexity index is 1180. The molecule has 0 spiro atoms. The molecule has 1 atom stereocenters. The van der Waals surface area contributed by atoms with Gasteiger partial charge in [0, 0.05) is 44.5 Å². The van der Waals surface area contributed by atoms with Gasteiger partial charge in [0.15, 0.2) is 12.4 Å². The molecule has 11 nitrogen and oxygen atoms in total. The molecule has 1 unspecified atom stereocenters. The zero-order valence-electron chi connectivity index (χ0n) is 22.9. The highest BCUT2D eigenvalue weighted by Crippen LogP contribution is 2.29. The molecule has 5 rings (SSSR count). The van der Waals surface area contributed by atoms with E-state index in [2.05, 4.69) is 32.6 Å². The second kappa shape index (κ2) is 12.6. The Morgan fingerprint density at radius 1 is 1.18 bits per heavy atom. The van der Waals surface area contributed by atoms with Crippen LogP contribution in [0.4, 0.5) is 5.82 Å². The Balaban J connectivity index is 1.36. The molecule has 1 saturated carbocycles. The molecule has 2 amide bonds. The van der Waals surface area contributed by atoms with Crippen molar-refractivity contribution in [2.75, 3.05) is 45.7 Å². The summed E-state index contributed by atoms with van der Waals surface area (Å²) in [6.07, 6.45) is 13.5. The highest BCUT2D eigenvalue weighted by molar-refractivity contribution is 6.13. The van der Waals surface area contributed by atoms with Crippen LogP contribution in [0.25, 0.3) is 0 Å². The Morgan fingerprint density at radius 2 is 2.03 bits per heavy atom. The number of carbonyl (C=O) groups is 2. The van der Waals surface area contributed by atoms with E-state index in [0.717, 1.165) is 67.8 Å². The van der Waals surface area contributed by atoms with Crippen molar-refractivity contribution in [1.29, 1.82) is 0 Å². The SMILES string of the molecule is CN1CCCN(C)C(=O)COC2CC(=CC=C2OCC(=O)NC2CCCCC2)/N=C2\N=CNc3[nH]cc(c32)C1. The number of anilines is 1. The first-order valence-electron chi connectivity index (χ1n) is 13.9. The smallest absolute Gasteiger partial charge is 0.258 e. The average molecular weight is 538 g/mol. The summed E-state index contributed by atoms with van der Waals surface area (Å²) >= 11 is 0. The summed E-state index contributed by atoms with van der Waals surface area (Å²) in [5, 5.41) is 6.26. The quantitative estimate of drug-likeness (QED) is 0.542. The van der Waals surface area contributed by atoms with Gasteiger partial charge >= 0.3 is 0 Å². The van der Waals surface area contributed by atoms with Gasteiger partial charge < -0.3 is 34.9 Å². The number of carbonyl (C=O) groups excluding carboxylic acids is 2. The maximum atomic E-state index is 12.8. The van der Waals surface area contributed by atoms with Gasteiger partial charge in [-0.05, 0) is 50.6 Å². The van der Waals surface area contributed by atoms with Crippen LogP contribution in [0.2, 0.25) is 0 Å². The first-order chi connectivity index (χ1) is 19.0. The molecule has 0 aromatic carbocycles. The van der Waals surface area contributed by atoms with E-state index in [9.17, 15) is 9.59 Å². The van der Waals surface area contributed by atoms with Crippen LogP contribution in [-0.4, -0.2) is 91.3 Å². The predicted molar refractivity (Wildman–Crippen MR) is 150 cm³/mol. The van der Waals surface area contributed by atoms with Gasteiger partial charge in [0.2, 0.25) is 5.91 Å².